The second-order valence-corrected chi connectivity index (χ2v) is 6.68. The minimum absolute atomic E-state index is 0.0196. The van der Waals surface area contributed by atoms with E-state index >= 15 is 0 Å². The molecule has 3 unspecified atom stereocenters. The van der Waals surface area contributed by atoms with Crippen molar-refractivity contribution in [3.63, 3.8) is 0 Å². The topological polar surface area (TPSA) is 80.7 Å². The molecule has 3 rings (SSSR count). The number of carboxylic acids is 1. The largest absolute Gasteiger partial charge is 0.481 e. The molecule has 5 heteroatoms. The summed E-state index contributed by atoms with van der Waals surface area (Å²) in [6.45, 7) is 3.31. The molecule has 0 spiro atoms. The molecule has 0 aromatic heterocycles. The van der Waals surface area contributed by atoms with Gasteiger partial charge in [-0.25, -0.2) is 0 Å². The van der Waals surface area contributed by atoms with Gasteiger partial charge in [0.1, 0.15) is 17.8 Å². The lowest BCUT2D eigenvalue weighted by Crippen LogP contribution is -2.38. The highest BCUT2D eigenvalue weighted by molar-refractivity contribution is 5.90. The predicted octanol–water partition coefficient (Wildman–Crippen LogP) is 2.34. The van der Waals surface area contributed by atoms with Crippen molar-refractivity contribution < 1.29 is 24.2 Å². The van der Waals surface area contributed by atoms with Crippen molar-refractivity contribution in [1.82, 2.24) is 0 Å². The van der Waals surface area contributed by atoms with Gasteiger partial charge in [-0.05, 0) is 44.9 Å². The van der Waals surface area contributed by atoms with E-state index in [1.165, 1.54) is 0 Å². The smallest absolute Gasteiger partial charge is 0.317 e. The minimum atomic E-state index is -1.23. The minimum Gasteiger partial charge on any atom is -0.481 e. The van der Waals surface area contributed by atoms with Crippen molar-refractivity contribution in [1.29, 1.82) is 0 Å². The summed E-state index contributed by atoms with van der Waals surface area (Å²) in [5, 5.41) is 8.56. The van der Waals surface area contributed by atoms with E-state index in [0.29, 0.717) is 11.8 Å². The fraction of sp³-hybridized carbons (Fsp3) is 0.688. The Morgan fingerprint density at radius 2 is 1.95 bits per heavy atom. The average molecular weight is 294 g/mol. The number of ketones is 1. The van der Waals surface area contributed by atoms with Crippen LogP contribution in [0.1, 0.15) is 46.0 Å². The third-order valence-corrected chi connectivity index (χ3v) is 4.27. The van der Waals surface area contributed by atoms with E-state index in [0.717, 1.165) is 19.3 Å². The maximum absolute atomic E-state index is 12.5. The molecule has 0 heterocycles. The van der Waals surface area contributed by atoms with Crippen LogP contribution >= 0.6 is 0 Å². The summed E-state index contributed by atoms with van der Waals surface area (Å²) in [7, 11) is 0. The summed E-state index contributed by atoms with van der Waals surface area (Å²) in [5.74, 6) is -1.08. The Morgan fingerprint density at radius 1 is 1.24 bits per heavy atom. The van der Waals surface area contributed by atoms with E-state index in [4.69, 9.17) is 9.84 Å². The van der Waals surface area contributed by atoms with Crippen molar-refractivity contribution in [3.05, 3.63) is 12.2 Å². The second-order valence-electron chi connectivity index (χ2n) is 6.68. The Hall–Kier alpha value is -1.65. The van der Waals surface area contributed by atoms with Crippen LogP contribution in [0.4, 0.5) is 0 Å². The number of rotatable bonds is 6. The number of Topliss-reactive ketones (excluding diaryl/α,β-unsaturated/α-hetero) is 1. The number of esters is 1. The molecule has 3 atom stereocenters. The maximum Gasteiger partial charge on any atom is 0.317 e. The zero-order chi connectivity index (χ0) is 15.6. The highest BCUT2D eigenvalue weighted by Gasteiger charge is 2.38. The van der Waals surface area contributed by atoms with E-state index in [1.807, 2.05) is 0 Å². The number of aliphatic carboxylic acids is 1. The van der Waals surface area contributed by atoms with Crippen LogP contribution in [0.5, 0.6) is 0 Å². The van der Waals surface area contributed by atoms with Gasteiger partial charge in [0.05, 0.1) is 0 Å². The molecule has 3 aliphatic rings. The van der Waals surface area contributed by atoms with E-state index in [1.54, 1.807) is 13.8 Å². The first kappa shape index (κ1) is 15.7. The molecule has 0 aliphatic heterocycles. The number of hydrogen-bond acceptors (Lipinski definition) is 4. The van der Waals surface area contributed by atoms with Crippen molar-refractivity contribution in [2.75, 3.05) is 0 Å². The molecule has 1 saturated carbocycles. The van der Waals surface area contributed by atoms with Gasteiger partial charge in [0, 0.05) is 12.3 Å². The summed E-state index contributed by atoms with van der Waals surface area (Å²) in [6.07, 6.45) is 6.91. The van der Waals surface area contributed by atoms with Crippen LogP contribution in [0.2, 0.25) is 0 Å². The molecule has 21 heavy (non-hydrogen) atoms. The summed E-state index contributed by atoms with van der Waals surface area (Å²) in [4.78, 5) is 34.4. The molecule has 1 N–H and O–H groups in total. The van der Waals surface area contributed by atoms with Crippen molar-refractivity contribution >= 4 is 17.7 Å². The Labute approximate surface area is 124 Å². The molecule has 3 aliphatic carbocycles. The predicted molar refractivity (Wildman–Crippen MR) is 75.5 cm³/mol. The average Bonchev–Trinajstić information content (AvgIpc) is 2.37. The lowest BCUT2D eigenvalue weighted by Gasteiger charge is -2.38. The first-order valence-electron chi connectivity index (χ1n) is 7.41. The fourth-order valence-electron chi connectivity index (χ4n) is 3.36. The van der Waals surface area contributed by atoms with Gasteiger partial charge in [-0.1, -0.05) is 12.2 Å². The Kier molecular flexibility index (Phi) is 4.49. The van der Waals surface area contributed by atoms with Crippen LogP contribution in [0, 0.1) is 17.8 Å². The SMILES string of the molecule is CC(C)(CC(=O)C1CC2C=CC1CC2)OC(=O)CC(=O)O. The molecular formula is C16H22O5. The molecule has 0 radical (unpaired) electrons. The van der Waals surface area contributed by atoms with Crippen molar-refractivity contribution in [2.24, 2.45) is 17.8 Å². The van der Waals surface area contributed by atoms with Crippen LogP contribution < -0.4 is 0 Å². The maximum atomic E-state index is 12.5. The monoisotopic (exact) mass is 294 g/mol. The van der Waals surface area contributed by atoms with E-state index in [2.05, 4.69) is 12.2 Å². The van der Waals surface area contributed by atoms with Gasteiger partial charge in [0.25, 0.3) is 0 Å². The van der Waals surface area contributed by atoms with Gasteiger partial charge in [-0.3, -0.25) is 14.4 Å². The molecule has 0 aromatic carbocycles. The summed E-state index contributed by atoms with van der Waals surface area (Å²) in [5.41, 5.74) is -0.954. The van der Waals surface area contributed by atoms with Crippen LogP contribution in [-0.4, -0.2) is 28.4 Å². The number of hydrogen-bond donors (Lipinski definition) is 1. The highest BCUT2D eigenvalue weighted by atomic mass is 16.6. The van der Waals surface area contributed by atoms with Gasteiger partial charge in [0.2, 0.25) is 0 Å². The zero-order valence-corrected chi connectivity index (χ0v) is 12.5. The van der Waals surface area contributed by atoms with E-state index in [9.17, 15) is 14.4 Å². The molecule has 0 aromatic rings. The Bertz CT molecular complexity index is 477. The molecule has 116 valence electrons. The van der Waals surface area contributed by atoms with Crippen LogP contribution in [0.3, 0.4) is 0 Å². The summed E-state index contributed by atoms with van der Waals surface area (Å²) < 4.78 is 5.13. The van der Waals surface area contributed by atoms with E-state index in [-0.39, 0.29) is 18.1 Å². The number of allylic oxidation sites excluding steroid dienone is 2. The number of carbonyl (C=O) groups is 3. The first-order chi connectivity index (χ1) is 9.77. The van der Waals surface area contributed by atoms with Gasteiger partial charge >= 0.3 is 11.9 Å². The van der Waals surface area contributed by atoms with Crippen molar-refractivity contribution in [3.8, 4) is 0 Å². The van der Waals surface area contributed by atoms with Gasteiger partial charge in [0.15, 0.2) is 0 Å². The molecule has 0 amide bonds. The lowest BCUT2D eigenvalue weighted by molar-refractivity contribution is -0.162. The number of carboxylic acid groups (broad SMARTS) is 1. The Morgan fingerprint density at radius 3 is 2.43 bits per heavy atom. The van der Waals surface area contributed by atoms with Gasteiger partial charge < -0.3 is 9.84 Å². The van der Waals surface area contributed by atoms with Gasteiger partial charge in [-0.15, -0.1) is 0 Å². The molecule has 2 bridgehead atoms. The third-order valence-electron chi connectivity index (χ3n) is 4.27. The molecule has 5 nitrogen and oxygen atoms in total. The van der Waals surface area contributed by atoms with Crippen molar-refractivity contribution in [2.45, 2.75) is 51.6 Å². The van der Waals surface area contributed by atoms with Crippen LogP contribution in [0.25, 0.3) is 0 Å². The molecule has 0 saturated heterocycles. The third kappa shape index (κ3) is 4.16. The summed E-state index contributed by atoms with van der Waals surface area (Å²) in [6, 6.07) is 0. The first-order valence-corrected chi connectivity index (χ1v) is 7.41. The van der Waals surface area contributed by atoms with Crippen LogP contribution in [0.15, 0.2) is 12.2 Å². The summed E-state index contributed by atoms with van der Waals surface area (Å²) >= 11 is 0. The normalized spacial score (nSPS) is 27.4. The zero-order valence-electron chi connectivity index (χ0n) is 12.5. The number of fused-ring (bicyclic) bond motifs is 2. The lowest BCUT2D eigenvalue weighted by atomic mass is 9.67. The second kappa shape index (κ2) is 6.00. The Balaban J connectivity index is 1.90. The fourth-order valence-corrected chi connectivity index (χ4v) is 3.36. The quantitative estimate of drug-likeness (QED) is 0.462. The highest BCUT2D eigenvalue weighted by Crippen LogP contribution is 2.41. The standard InChI is InChI=1S/C16H22O5/c1-16(2,21-15(20)8-14(18)19)9-13(17)12-7-10-3-5-11(12)6-4-10/h3,5,10-12H,4,6-9H2,1-2H3,(H,18,19). The van der Waals surface area contributed by atoms with Crippen LogP contribution in [-0.2, 0) is 19.1 Å². The molecule has 1 fully saturated rings. The number of ether oxygens (including phenoxy) is 1. The number of carbonyl (C=O) groups excluding carboxylic acids is 2. The van der Waals surface area contributed by atoms with Gasteiger partial charge in [-0.2, -0.15) is 0 Å². The molecular weight excluding hydrogens is 272 g/mol. The van der Waals surface area contributed by atoms with E-state index < -0.39 is 24.0 Å².